The molecule has 0 unspecified atom stereocenters. The fourth-order valence-corrected chi connectivity index (χ4v) is 2.77. The smallest absolute Gasteiger partial charge is 0.271 e. The van der Waals surface area contributed by atoms with Gasteiger partial charge in [-0.15, -0.1) is 0 Å². The lowest BCUT2D eigenvalue weighted by Crippen LogP contribution is -2.20. The summed E-state index contributed by atoms with van der Waals surface area (Å²) in [6.45, 7) is -0.122. The topological polar surface area (TPSA) is 89.0 Å². The molecule has 0 aliphatic carbocycles. The monoisotopic (exact) mass is 481 g/mol. The number of rotatable bonds is 8. The van der Waals surface area contributed by atoms with Crippen molar-refractivity contribution in [1.29, 1.82) is 0 Å². The van der Waals surface area contributed by atoms with E-state index in [0.717, 1.165) is 10.0 Å². The zero-order valence-electron chi connectivity index (χ0n) is 16.7. The molecule has 7 nitrogen and oxygen atoms in total. The van der Waals surface area contributed by atoms with Gasteiger partial charge in [0.15, 0.2) is 6.61 Å². The Morgan fingerprint density at radius 2 is 1.58 bits per heavy atom. The third-order valence-electron chi connectivity index (χ3n) is 4.11. The van der Waals surface area contributed by atoms with Gasteiger partial charge in [0.25, 0.3) is 11.8 Å². The zero-order chi connectivity index (χ0) is 22.1. The minimum Gasteiger partial charge on any atom is -0.497 e. The molecule has 0 fully saturated rings. The first-order valence-corrected chi connectivity index (χ1v) is 10.1. The molecular formula is C23H20BrN3O4. The Morgan fingerprint density at radius 3 is 2.23 bits per heavy atom. The number of hydrogen-bond acceptors (Lipinski definition) is 5. The highest BCUT2D eigenvalue weighted by atomic mass is 79.9. The second kappa shape index (κ2) is 10.9. The highest BCUT2D eigenvalue weighted by Crippen LogP contribution is 2.15. The van der Waals surface area contributed by atoms with Gasteiger partial charge in [-0.1, -0.05) is 15.9 Å². The number of anilines is 1. The normalized spacial score (nSPS) is 10.5. The minimum atomic E-state index is -0.299. The van der Waals surface area contributed by atoms with Gasteiger partial charge in [0, 0.05) is 15.7 Å². The van der Waals surface area contributed by atoms with Crippen molar-refractivity contribution in [2.45, 2.75) is 0 Å². The minimum absolute atomic E-state index is 0.122. The molecule has 3 aromatic rings. The quantitative estimate of drug-likeness (QED) is 0.372. The number of nitrogens with zero attached hydrogens (tertiary/aromatic N) is 1. The Labute approximate surface area is 188 Å². The number of amides is 2. The molecule has 31 heavy (non-hydrogen) atoms. The Hall–Kier alpha value is -3.65. The van der Waals surface area contributed by atoms with E-state index >= 15 is 0 Å². The van der Waals surface area contributed by atoms with Crippen molar-refractivity contribution >= 4 is 39.6 Å². The van der Waals surface area contributed by atoms with Crippen molar-refractivity contribution in [1.82, 2.24) is 5.43 Å². The molecule has 0 aromatic heterocycles. The van der Waals surface area contributed by atoms with Crippen LogP contribution in [-0.4, -0.2) is 31.7 Å². The number of methoxy groups -OCH3 is 1. The van der Waals surface area contributed by atoms with Gasteiger partial charge < -0.3 is 14.8 Å². The Kier molecular flexibility index (Phi) is 7.78. The average molecular weight is 482 g/mol. The van der Waals surface area contributed by atoms with Crippen LogP contribution in [0.2, 0.25) is 0 Å². The molecule has 158 valence electrons. The van der Waals surface area contributed by atoms with E-state index in [9.17, 15) is 9.59 Å². The van der Waals surface area contributed by atoms with Crippen LogP contribution in [0.5, 0.6) is 11.5 Å². The molecular weight excluding hydrogens is 462 g/mol. The summed E-state index contributed by atoms with van der Waals surface area (Å²) in [7, 11) is 1.58. The van der Waals surface area contributed by atoms with E-state index in [4.69, 9.17) is 9.47 Å². The summed E-state index contributed by atoms with van der Waals surface area (Å²) in [4.78, 5) is 24.0. The lowest BCUT2D eigenvalue weighted by atomic mass is 10.2. The lowest BCUT2D eigenvalue weighted by molar-refractivity contribution is -0.118. The van der Waals surface area contributed by atoms with Crippen LogP contribution < -0.4 is 20.2 Å². The van der Waals surface area contributed by atoms with Crippen LogP contribution in [0.3, 0.4) is 0 Å². The molecule has 0 radical (unpaired) electrons. The molecule has 2 amide bonds. The number of hydrogen-bond donors (Lipinski definition) is 2. The van der Waals surface area contributed by atoms with Crippen molar-refractivity contribution in [2.24, 2.45) is 5.10 Å². The predicted molar refractivity (Wildman–Crippen MR) is 123 cm³/mol. The van der Waals surface area contributed by atoms with Crippen molar-refractivity contribution < 1.29 is 19.1 Å². The first kappa shape index (κ1) is 22.0. The molecule has 0 saturated heterocycles. The molecule has 3 aromatic carbocycles. The van der Waals surface area contributed by atoms with Gasteiger partial charge in [-0.3, -0.25) is 9.59 Å². The van der Waals surface area contributed by atoms with Gasteiger partial charge in [-0.05, 0) is 78.4 Å². The summed E-state index contributed by atoms with van der Waals surface area (Å²) in [5, 5.41) is 6.70. The Morgan fingerprint density at radius 1 is 0.935 bits per heavy atom. The van der Waals surface area contributed by atoms with Crippen LogP contribution in [-0.2, 0) is 4.79 Å². The summed E-state index contributed by atoms with van der Waals surface area (Å²) in [6, 6.07) is 21.0. The van der Waals surface area contributed by atoms with E-state index in [2.05, 4.69) is 31.8 Å². The Bertz CT molecular complexity index is 1050. The van der Waals surface area contributed by atoms with Gasteiger partial charge in [-0.2, -0.15) is 5.10 Å². The first-order valence-electron chi connectivity index (χ1n) is 9.29. The third-order valence-corrected chi connectivity index (χ3v) is 4.64. The maximum absolute atomic E-state index is 12.0. The standard InChI is InChI=1S/C23H20BrN3O4/c1-30-20-12-8-19(9-13-20)26-22(28)15-31-21-10-2-16(3-11-21)14-25-27-23(29)17-4-6-18(24)7-5-17/h2-14H,15H2,1H3,(H,26,28)(H,27,29)/b25-14-. The zero-order valence-corrected chi connectivity index (χ0v) is 18.3. The molecule has 0 atom stereocenters. The van der Waals surface area contributed by atoms with Crippen molar-refractivity contribution in [3.8, 4) is 11.5 Å². The fourth-order valence-electron chi connectivity index (χ4n) is 2.50. The first-order chi connectivity index (χ1) is 15.0. The molecule has 0 bridgehead atoms. The maximum atomic E-state index is 12.0. The SMILES string of the molecule is COc1ccc(NC(=O)COc2ccc(/C=N\NC(=O)c3ccc(Br)cc3)cc2)cc1. The Balaban J connectivity index is 1.44. The van der Waals surface area contributed by atoms with Crippen LogP contribution in [0.1, 0.15) is 15.9 Å². The van der Waals surface area contributed by atoms with E-state index in [0.29, 0.717) is 22.7 Å². The highest BCUT2D eigenvalue weighted by Gasteiger charge is 2.05. The van der Waals surface area contributed by atoms with E-state index in [1.807, 2.05) is 0 Å². The van der Waals surface area contributed by atoms with Gasteiger partial charge in [-0.25, -0.2) is 5.43 Å². The number of ether oxygens (including phenoxy) is 2. The van der Waals surface area contributed by atoms with E-state index in [1.54, 1.807) is 79.9 Å². The summed E-state index contributed by atoms with van der Waals surface area (Å²) >= 11 is 3.32. The van der Waals surface area contributed by atoms with Gasteiger partial charge in [0.05, 0.1) is 13.3 Å². The van der Waals surface area contributed by atoms with Crippen LogP contribution in [0, 0.1) is 0 Å². The van der Waals surface area contributed by atoms with Gasteiger partial charge in [0.1, 0.15) is 11.5 Å². The largest absolute Gasteiger partial charge is 0.497 e. The van der Waals surface area contributed by atoms with Crippen LogP contribution in [0.25, 0.3) is 0 Å². The van der Waals surface area contributed by atoms with Crippen LogP contribution in [0.4, 0.5) is 5.69 Å². The highest BCUT2D eigenvalue weighted by molar-refractivity contribution is 9.10. The second-order valence-electron chi connectivity index (χ2n) is 6.34. The van der Waals surface area contributed by atoms with E-state index in [1.165, 1.54) is 6.21 Å². The number of carbonyl (C=O) groups is 2. The van der Waals surface area contributed by atoms with E-state index < -0.39 is 0 Å². The number of halogens is 1. The summed E-state index contributed by atoms with van der Waals surface area (Å²) in [5.41, 5.74) is 4.41. The summed E-state index contributed by atoms with van der Waals surface area (Å²) < 4.78 is 11.5. The van der Waals surface area contributed by atoms with Crippen LogP contribution >= 0.6 is 15.9 Å². The summed E-state index contributed by atoms with van der Waals surface area (Å²) in [6.07, 6.45) is 1.52. The molecule has 8 heteroatoms. The lowest BCUT2D eigenvalue weighted by Gasteiger charge is -2.08. The predicted octanol–water partition coefficient (Wildman–Crippen LogP) is 4.24. The fraction of sp³-hybridized carbons (Fsp3) is 0.0870. The summed E-state index contributed by atoms with van der Waals surface area (Å²) in [5.74, 6) is 0.685. The molecule has 0 saturated carbocycles. The van der Waals surface area contributed by atoms with Gasteiger partial charge in [0.2, 0.25) is 0 Å². The van der Waals surface area contributed by atoms with E-state index in [-0.39, 0.29) is 18.4 Å². The number of hydrazone groups is 1. The van der Waals surface area contributed by atoms with Crippen molar-refractivity contribution in [3.05, 3.63) is 88.4 Å². The molecule has 2 N–H and O–H groups in total. The van der Waals surface area contributed by atoms with Crippen LogP contribution in [0.15, 0.2) is 82.4 Å². The number of nitrogens with one attached hydrogen (secondary N) is 2. The molecule has 3 rings (SSSR count). The van der Waals surface area contributed by atoms with Gasteiger partial charge >= 0.3 is 0 Å². The molecule has 0 heterocycles. The number of benzene rings is 3. The molecule has 0 aliphatic rings. The molecule has 0 aliphatic heterocycles. The number of carbonyl (C=O) groups excluding carboxylic acids is 2. The second-order valence-corrected chi connectivity index (χ2v) is 7.26. The maximum Gasteiger partial charge on any atom is 0.271 e. The molecule has 0 spiro atoms. The van der Waals surface area contributed by atoms with Crippen molar-refractivity contribution in [2.75, 3.05) is 19.0 Å². The third kappa shape index (κ3) is 6.97. The average Bonchev–Trinajstić information content (AvgIpc) is 2.79. The van der Waals surface area contributed by atoms with Crippen molar-refractivity contribution in [3.63, 3.8) is 0 Å².